The van der Waals surface area contributed by atoms with Crippen LogP contribution in [-0.2, 0) is 72.0 Å². The summed E-state index contributed by atoms with van der Waals surface area (Å²) in [6, 6.07) is 8.15. The number of likely N-dealkylation sites (tertiary alicyclic amines) is 1. The molecule has 27 heteroatoms. The third-order valence-electron chi connectivity index (χ3n) is 13.8. The second-order valence-electron chi connectivity index (χ2n) is 20.1. The highest BCUT2D eigenvalue weighted by atomic mass is 32.2. The number of aliphatic hydroxyl groups excluding tert-OH is 2. The van der Waals surface area contributed by atoms with Crippen molar-refractivity contribution < 1.29 is 78.3 Å². The lowest BCUT2D eigenvalue weighted by Gasteiger charge is -2.29. The molecule has 1 aliphatic rings. The summed E-state index contributed by atoms with van der Waals surface area (Å²) < 4.78 is 0. The van der Waals surface area contributed by atoms with Gasteiger partial charge in [-0.15, -0.1) is 0 Å². The monoisotopic (exact) mass is 1180 g/mol. The van der Waals surface area contributed by atoms with E-state index in [0.29, 0.717) is 35.3 Å². The highest BCUT2D eigenvalue weighted by molar-refractivity contribution is 7.98. The molecule has 0 bridgehead atoms. The van der Waals surface area contributed by atoms with Gasteiger partial charge in [-0.2, -0.15) is 11.8 Å². The fourth-order valence-corrected chi connectivity index (χ4v) is 9.42. The molecule has 83 heavy (non-hydrogen) atoms. The molecule has 1 fully saturated rings. The highest BCUT2D eigenvalue weighted by Gasteiger charge is 2.39. The van der Waals surface area contributed by atoms with E-state index in [1.54, 1.807) is 80.8 Å². The highest BCUT2D eigenvalue weighted by Crippen LogP contribution is 2.19. The summed E-state index contributed by atoms with van der Waals surface area (Å²) in [6.07, 6.45) is -0.476. The molecule has 1 heterocycles. The van der Waals surface area contributed by atoms with E-state index in [9.17, 15) is 78.3 Å². The fraction of sp³-hybridized carbons (Fsp3) is 0.482. The Balaban J connectivity index is 1.60. The normalized spacial score (nSPS) is 16.5. The third kappa shape index (κ3) is 21.3. The summed E-state index contributed by atoms with van der Waals surface area (Å²) in [5, 5.41) is 70.7. The van der Waals surface area contributed by atoms with Crippen molar-refractivity contribution in [2.75, 3.05) is 31.7 Å². The minimum Gasteiger partial charge on any atom is -0.508 e. The summed E-state index contributed by atoms with van der Waals surface area (Å²) in [6.45, 7) is 3.33. The molecular weight excluding hydrogens is 1100 g/mol. The smallest absolute Gasteiger partial charge is 0.326 e. The van der Waals surface area contributed by atoms with Crippen molar-refractivity contribution in [3.63, 3.8) is 0 Å². The lowest BCUT2D eigenvalue weighted by atomic mass is 9.98. The van der Waals surface area contributed by atoms with E-state index < -0.39 is 145 Å². The molecule has 9 amide bonds. The van der Waals surface area contributed by atoms with Gasteiger partial charge in [0.2, 0.25) is 53.2 Å². The Morgan fingerprint density at radius 3 is 1.51 bits per heavy atom. The Bertz CT molecular complexity index is 2710. The van der Waals surface area contributed by atoms with Crippen LogP contribution in [0.3, 0.4) is 0 Å². The van der Waals surface area contributed by atoms with Gasteiger partial charge in [0.25, 0.3) is 0 Å². The summed E-state index contributed by atoms with van der Waals surface area (Å²) in [4.78, 5) is 150. The number of nitrogens with zero attached hydrogens (tertiary/aromatic N) is 1. The Morgan fingerprint density at radius 2 is 1.05 bits per heavy atom. The number of rotatable bonds is 33. The number of hydrogen-bond donors (Lipinski definition) is 14. The largest absolute Gasteiger partial charge is 0.508 e. The van der Waals surface area contributed by atoms with Crippen molar-refractivity contribution in [2.45, 2.75) is 133 Å². The quantitative estimate of drug-likeness (QED) is 0.0313. The molecule has 3 aromatic rings. The Kier molecular flexibility index (Phi) is 27.4. The number of carboxylic acids is 2. The maximum Gasteiger partial charge on any atom is 0.326 e. The van der Waals surface area contributed by atoms with Gasteiger partial charge in [0.1, 0.15) is 60.1 Å². The van der Waals surface area contributed by atoms with Crippen LogP contribution in [0.1, 0.15) is 69.6 Å². The summed E-state index contributed by atoms with van der Waals surface area (Å²) >= 11 is 1.35. The van der Waals surface area contributed by atoms with Crippen LogP contribution in [-0.4, -0.2) is 188 Å². The first-order valence-corrected chi connectivity index (χ1v) is 28.4. The van der Waals surface area contributed by atoms with Crippen molar-refractivity contribution in [2.24, 2.45) is 11.7 Å². The van der Waals surface area contributed by atoms with Crippen LogP contribution < -0.4 is 48.3 Å². The van der Waals surface area contributed by atoms with E-state index in [-0.39, 0.29) is 50.9 Å². The van der Waals surface area contributed by atoms with Crippen LogP contribution in [0, 0.1) is 5.92 Å². The number of phenolic OH excluding ortho intramolecular Hbond substituents is 1. The second-order valence-corrected chi connectivity index (χ2v) is 21.1. The molecule has 26 nitrogen and oxygen atoms in total. The predicted molar refractivity (Wildman–Crippen MR) is 302 cm³/mol. The summed E-state index contributed by atoms with van der Waals surface area (Å²) in [7, 11) is 0. The van der Waals surface area contributed by atoms with Crippen molar-refractivity contribution in [3.05, 3.63) is 102 Å². The van der Waals surface area contributed by atoms with Gasteiger partial charge in [0.05, 0.1) is 25.7 Å². The molecular formula is C56H76N10O16S. The number of aliphatic carboxylic acids is 2. The predicted octanol–water partition coefficient (Wildman–Crippen LogP) is -2.02. The summed E-state index contributed by atoms with van der Waals surface area (Å²) in [5.74, 6) is -11.8. The molecule has 1 saturated heterocycles. The molecule has 1 aliphatic heterocycles. The van der Waals surface area contributed by atoms with Gasteiger partial charge >= 0.3 is 11.9 Å². The van der Waals surface area contributed by atoms with Crippen LogP contribution in [0.2, 0.25) is 0 Å². The molecule has 452 valence electrons. The van der Waals surface area contributed by atoms with Crippen LogP contribution in [0.15, 0.2) is 84.9 Å². The van der Waals surface area contributed by atoms with E-state index >= 15 is 0 Å². The average Bonchev–Trinajstić information content (AvgIpc) is 3.96. The SMILES string of the molecule is CC[C@H](C)[C@H](NC(=O)[C@H](CCSC)NC(=O)[C@H](Cc1ccc(O)cc1)NC(=O)[C@H](Cc1ccccc1)NC(=O)[C@H](CC(=O)O)NC(=O)[C@H](CO)NC(=O)[C@H](Cc1ccccc1)NC(=O)[C@@H](NC(=O)[C@@H]1CCCN1C(=O)CN)[C@@H](C)O)C(=O)O. The number of phenols is 1. The molecule has 0 radical (unpaired) electrons. The van der Waals surface area contributed by atoms with Gasteiger partial charge in [0, 0.05) is 25.8 Å². The zero-order valence-corrected chi connectivity index (χ0v) is 47.4. The number of hydrogen-bond acceptors (Lipinski definition) is 16. The number of amides is 9. The standard InChI is InChI=1S/C56H76N10O16S/c1-5-31(2)46(56(81)82)64-48(73)37(22-24-83-4)58-49(74)39(27-35-18-20-36(69)21-19-35)59-50(75)38(25-33-13-8-6-9-14-33)60-52(77)41(28-45(71)72)61-53(78)42(30-67)63-51(76)40(26-34-15-10-7-11-16-34)62-55(80)47(32(3)68)65-54(79)43-17-12-23-66(43)44(70)29-57/h6-11,13-16,18-21,31-32,37-43,46-47,67-69H,5,12,17,22-30,57H2,1-4H3,(H,58,74)(H,59,75)(H,60,77)(H,61,78)(H,62,80)(H,63,76)(H,64,73)(H,65,79)(H,71,72)(H,81,82)/t31-,32+,37-,38-,39-,40-,41-,42-,43-,46-,47-/m0/s1. The molecule has 0 saturated carbocycles. The maximum atomic E-state index is 14.6. The minimum absolute atomic E-state index is 0.0489. The average molecular weight is 1180 g/mol. The van der Waals surface area contributed by atoms with Crippen molar-refractivity contribution in [1.29, 1.82) is 0 Å². The minimum atomic E-state index is -2.00. The number of carboxylic acid groups (broad SMARTS) is 2. The number of nitrogens with two attached hydrogens (primary N) is 1. The first-order chi connectivity index (χ1) is 39.5. The van der Waals surface area contributed by atoms with Crippen LogP contribution in [0.4, 0.5) is 0 Å². The first-order valence-electron chi connectivity index (χ1n) is 27.0. The lowest BCUT2D eigenvalue weighted by molar-refractivity contribution is -0.144. The molecule has 4 rings (SSSR count). The number of aromatic hydroxyl groups is 1. The first kappa shape index (κ1) is 67.4. The number of aliphatic hydroxyl groups is 2. The van der Waals surface area contributed by atoms with E-state index in [0.717, 1.165) is 0 Å². The van der Waals surface area contributed by atoms with Gasteiger partial charge in [-0.25, -0.2) is 4.79 Å². The van der Waals surface area contributed by atoms with Gasteiger partial charge < -0.3 is 78.7 Å². The van der Waals surface area contributed by atoms with Crippen molar-refractivity contribution in [1.82, 2.24) is 47.4 Å². The van der Waals surface area contributed by atoms with Crippen molar-refractivity contribution in [3.8, 4) is 5.75 Å². The molecule has 3 aromatic carbocycles. The number of thioether (sulfide) groups is 1. The molecule has 0 spiro atoms. The van der Waals surface area contributed by atoms with E-state index in [1.165, 1.54) is 47.9 Å². The molecule has 0 aromatic heterocycles. The lowest BCUT2D eigenvalue weighted by Crippen LogP contribution is -2.62. The van der Waals surface area contributed by atoms with Gasteiger partial charge in [-0.3, -0.25) is 47.9 Å². The zero-order valence-electron chi connectivity index (χ0n) is 46.6. The zero-order chi connectivity index (χ0) is 61.3. The Hall–Kier alpha value is -8.14. The van der Waals surface area contributed by atoms with Crippen LogP contribution in [0.25, 0.3) is 0 Å². The van der Waals surface area contributed by atoms with Gasteiger partial charge in [-0.05, 0) is 72.9 Å². The molecule has 15 N–H and O–H groups in total. The van der Waals surface area contributed by atoms with Gasteiger partial charge in [-0.1, -0.05) is 93.1 Å². The molecule has 0 unspecified atom stereocenters. The van der Waals surface area contributed by atoms with E-state index in [4.69, 9.17) is 5.73 Å². The molecule has 0 aliphatic carbocycles. The fourth-order valence-electron chi connectivity index (χ4n) is 8.95. The third-order valence-corrected chi connectivity index (χ3v) is 14.4. The van der Waals surface area contributed by atoms with Crippen LogP contribution in [0.5, 0.6) is 5.75 Å². The second kappa shape index (κ2) is 33.7. The number of nitrogens with one attached hydrogen (secondary N) is 8. The maximum absolute atomic E-state index is 14.6. The number of carbonyl (C=O) groups is 11. The topological polar surface area (TPSA) is 414 Å². The van der Waals surface area contributed by atoms with E-state index in [2.05, 4.69) is 42.5 Å². The number of benzene rings is 3. The Labute approximate surface area is 484 Å². The van der Waals surface area contributed by atoms with Crippen molar-refractivity contribution >= 4 is 76.9 Å². The summed E-state index contributed by atoms with van der Waals surface area (Å²) in [5.41, 5.74) is 6.90. The number of carbonyl (C=O) groups excluding carboxylic acids is 9. The molecule has 11 atom stereocenters. The Morgan fingerprint density at radius 1 is 0.602 bits per heavy atom. The van der Waals surface area contributed by atoms with Crippen LogP contribution >= 0.6 is 11.8 Å². The van der Waals surface area contributed by atoms with E-state index in [1.807, 2.05) is 0 Å². The van der Waals surface area contributed by atoms with Gasteiger partial charge in [0.15, 0.2) is 0 Å².